The molecule has 1 atom stereocenters. The fourth-order valence-corrected chi connectivity index (χ4v) is 2.17. The zero-order valence-corrected chi connectivity index (χ0v) is 11.7. The Kier molecular flexibility index (Phi) is 5.29. The van der Waals surface area contributed by atoms with Crippen LogP contribution in [-0.4, -0.2) is 17.3 Å². The maximum Gasteiger partial charge on any atom is 0.253 e. The van der Waals surface area contributed by atoms with Crippen LogP contribution in [0.1, 0.15) is 29.3 Å². The molecule has 1 unspecified atom stereocenters. The first-order valence-corrected chi connectivity index (χ1v) is 6.72. The average Bonchev–Trinajstić information content (AvgIpc) is 2.29. The summed E-state index contributed by atoms with van der Waals surface area (Å²) in [5, 5.41) is 4.21. The fourth-order valence-electron chi connectivity index (χ4n) is 1.34. The summed E-state index contributed by atoms with van der Waals surface area (Å²) in [7, 11) is 0. The summed E-state index contributed by atoms with van der Waals surface area (Å²) in [6.07, 6.45) is 0.889. The SMILES string of the molecule is CCC(CBr)NC(=O)c1cccc(C)c1Cl. The van der Waals surface area contributed by atoms with Gasteiger partial charge >= 0.3 is 0 Å². The van der Waals surface area contributed by atoms with E-state index in [1.807, 2.05) is 26.0 Å². The molecule has 1 aromatic rings. The molecular formula is C12H15BrClNO. The number of carbonyl (C=O) groups is 1. The van der Waals surface area contributed by atoms with E-state index < -0.39 is 0 Å². The van der Waals surface area contributed by atoms with Crippen LogP contribution in [0.5, 0.6) is 0 Å². The second-order valence-corrected chi connectivity index (χ2v) is 4.69. The van der Waals surface area contributed by atoms with Crippen molar-refractivity contribution in [3.05, 3.63) is 34.3 Å². The molecule has 16 heavy (non-hydrogen) atoms. The molecule has 0 aliphatic rings. The largest absolute Gasteiger partial charge is 0.348 e. The minimum atomic E-state index is -0.111. The molecule has 1 amide bonds. The highest BCUT2D eigenvalue weighted by Gasteiger charge is 2.14. The van der Waals surface area contributed by atoms with Crippen LogP contribution in [0.3, 0.4) is 0 Å². The van der Waals surface area contributed by atoms with Crippen molar-refractivity contribution in [1.29, 1.82) is 0 Å². The first kappa shape index (κ1) is 13.5. The Balaban J connectivity index is 2.84. The second-order valence-electron chi connectivity index (χ2n) is 3.67. The van der Waals surface area contributed by atoms with Gasteiger partial charge in [-0.25, -0.2) is 0 Å². The number of rotatable bonds is 4. The molecule has 0 aromatic heterocycles. The molecule has 0 fully saturated rings. The molecule has 4 heteroatoms. The molecule has 1 rings (SSSR count). The summed E-state index contributed by atoms with van der Waals surface area (Å²) >= 11 is 9.45. The van der Waals surface area contributed by atoms with Crippen LogP contribution in [0.2, 0.25) is 5.02 Å². The Labute approximate surface area is 110 Å². The highest BCUT2D eigenvalue weighted by Crippen LogP contribution is 2.20. The van der Waals surface area contributed by atoms with E-state index in [2.05, 4.69) is 21.2 Å². The summed E-state index contributed by atoms with van der Waals surface area (Å²) in [5.41, 5.74) is 1.46. The zero-order valence-electron chi connectivity index (χ0n) is 9.39. The van der Waals surface area contributed by atoms with Crippen LogP contribution in [0.4, 0.5) is 0 Å². The molecule has 2 nitrogen and oxygen atoms in total. The first-order valence-electron chi connectivity index (χ1n) is 5.22. The van der Waals surface area contributed by atoms with Crippen molar-refractivity contribution in [3.63, 3.8) is 0 Å². The number of hydrogen-bond acceptors (Lipinski definition) is 1. The highest BCUT2D eigenvalue weighted by molar-refractivity contribution is 9.09. The van der Waals surface area contributed by atoms with Gasteiger partial charge in [-0.05, 0) is 25.0 Å². The summed E-state index contributed by atoms with van der Waals surface area (Å²) in [6.45, 7) is 3.92. The molecule has 88 valence electrons. The first-order chi connectivity index (χ1) is 7.60. The molecule has 0 saturated heterocycles. The predicted molar refractivity (Wildman–Crippen MR) is 71.5 cm³/mol. The molecule has 0 spiro atoms. The van der Waals surface area contributed by atoms with Gasteiger partial charge in [-0.15, -0.1) is 0 Å². The summed E-state index contributed by atoms with van der Waals surface area (Å²) in [6, 6.07) is 5.61. The number of carbonyl (C=O) groups excluding carboxylic acids is 1. The molecule has 1 N–H and O–H groups in total. The Morgan fingerprint density at radius 1 is 1.56 bits per heavy atom. The van der Waals surface area contributed by atoms with Crippen LogP contribution in [-0.2, 0) is 0 Å². The van der Waals surface area contributed by atoms with Gasteiger partial charge in [0.1, 0.15) is 0 Å². The fraction of sp³-hybridized carbons (Fsp3) is 0.417. The van der Waals surface area contributed by atoms with E-state index in [0.29, 0.717) is 10.6 Å². The molecule has 0 saturated carbocycles. The summed E-state index contributed by atoms with van der Waals surface area (Å²) < 4.78 is 0. The lowest BCUT2D eigenvalue weighted by molar-refractivity contribution is 0.0940. The normalized spacial score (nSPS) is 12.2. The third-order valence-electron chi connectivity index (χ3n) is 2.45. The zero-order chi connectivity index (χ0) is 12.1. The van der Waals surface area contributed by atoms with Gasteiger partial charge in [0.2, 0.25) is 0 Å². The topological polar surface area (TPSA) is 29.1 Å². The van der Waals surface area contributed by atoms with Crippen LogP contribution in [0, 0.1) is 6.92 Å². The third kappa shape index (κ3) is 3.22. The van der Waals surface area contributed by atoms with Gasteiger partial charge in [0.15, 0.2) is 0 Å². The summed E-state index contributed by atoms with van der Waals surface area (Å²) in [4.78, 5) is 11.9. The predicted octanol–water partition coefficient (Wildman–Crippen LogP) is 3.55. The van der Waals surface area contributed by atoms with Gasteiger partial charge < -0.3 is 5.32 Å². The Morgan fingerprint density at radius 2 is 2.25 bits per heavy atom. The van der Waals surface area contributed by atoms with Gasteiger partial charge in [-0.2, -0.15) is 0 Å². The highest BCUT2D eigenvalue weighted by atomic mass is 79.9. The minimum absolute atomic E-state index is 0.111. The summed E-state index contributed by atoms with van der Waals surface area (Å²) in [5.74, 6) is -0.111. The van der Waals surface area contributed by atoms with Gasteiger partial charge in [0.05, 0.1) is 10.6 Å². The van der Waals surface area contributed by atoms with Crippen molar-refractivity contribution >= 4 is 33.4 Å². The molecule has 0 aliphatic carbocycles. The standard InChI is InChI=1S/C12H15BrClNO/c1-3-9(7-13)15-12(16)10-6-4-5-8(2)11(10)14/h4-6,9H,3,7H2,1-2H3,(H,15,16). The van der Waals surface area contributed by atoms with Crippen LogP contribution in [0.25, 0.3) is 0 Å². The van der Waals surface area contributed by atoms with Gasteiger partial charge in [0.25, 0.3) is 5.91 Å². The lowest BCUT2D eigenvalue weighted by Crippen LogP contribution is -2.35. The quantitative estimate of drug-likeness (QED) is 0.847. The average molecular weight is 305 g/mol. The van der Waals surface area contributed by atoms with Crippen molar-refractivity contribution < 1.29 is 4.79 Å². The van der Waals surface area contributed by atoms with Crippen molar-refractivity contribution in [2.45, 2.75) is 26.3 Å². The number of benzene rings is 1. The van der Waals surface area contributed by atoms with Gasteiger partial charge in [-0.3, -0.25) is 4.79 Å². The van der Waals surface area contributed by atoms with E-state index >= 15 is 0 Å². The van der Waals surface area contributed by atoms with Crippen LogP contribution < -0.4 is 5.32 Å². The number of halogens is 2. The van der Waals surface area contributed by atoms with Crippen molar-refractivity contribution in [1.82, 2.24) is 5.32 Å². The number of nitrogens with one attached hydrogen (secondary N) is 1. The van der Waals surface area contributed by atoms with Crippen molar-refractivity contribution in [2.24, 2.45) is 0 Å². The number of hydrogen-bond donors (Lipinski definition) is 1. The Morgan fingerprint density at radius 3 is 2.81 bits per heavy atom. The maximum atomic E-state index is 11.9. The van der Waals surface area contributed by atoms with Crippen LogP contribution >= 0.6 is 27.5 Å². The van der Waals surface area contributed by atoms with Gasteiger partial charge in [-0.1, -0.05) is 46.6 Å². The second kappa shape index (κ2) is 6.26. The van der Waals surface area contributed by atoms with Crippen molar-refractivity contribution in [2.75, 3.05) is 5.33 Å². The maximum absolute atomic E-state index is 11.9. The molecule has 0 radical (unpaired) electrons. The van der Waals surface area contributed by atoms with E-state index in [4.69, 9.17) is 11.6 Å². The van der Waals surface area contributed by atoms with Crippen molar-refractivity contribution in [3.8, 4) is 0 Å². The lowest BCUT2D eigenvalue weighted by atomic mass is 10.1. The molecule has 0 bridgehead atoms. The van der Waals surface area contributed by atoms with E-state index in [0.717, 1.165) is 17.3 Å². The monoisotopic (exact) mass is 303 g/mol. The molecule has 0 heterocycles. The number of aryl methyl sites for hydroxylation is 1. The van der Waals surface area contributed by atoms with Crippen LogP contribution in [0.15, 0.2) is 18.2 Å². The molecule has 0 aliphatic heterocycles. The lowest BCUT2D eigenvalue weighted by Gasteiger charge is -2.15. The number of alkyl halides is 1. The Bertz CT molecular complexity index is 377. The Hall–Kier alpha value is -0.540. The minimum Gasteiger partial charge on any atom is -0.348 e. The number of amides is 1. The molecular weight excluding hydrogens is 289 g/mol. The van der Waals surface area contributed by atoms with E-state index in [1.54, 1.807) is 6.07 Å². The van der Waals surface area contributed by atoms with E-state index in [1.165, 1.54) is 0 Å². The smallest absolute Gasteiger partial charge is 0.253 e. The van der Waals surface area contributed by atoms with Gasteiger partial charge in [0, 0.05) is 11.4 Å². The van der Waals surface area contributed by atoms with E-state index in [9.17, 15) is 4.79 Å². The molecule has 1 aromatic carbocycles. The van der Waals surface area contributed by atoms with E-state index in [-0.39, 0.29) is 11.9 Å². The third-order valence-corrected chi connectivity index (χ3v) is 3.73.